The third-order valence-corrected chi connectivity index (χ3v) is 20.9. The van der Waals surface area contributed by atoms with Gasteiger partial charge in [-0.05, 0) is 31.6 Å². The van der Waals surface area contributed by atoms with Crippen LogP contribution >= 0.6 is 15.6 Å². The van der Waals surface area contributed by atoms with Crippen LogP contribution in [0.3, 0.4) is 0 Å². The van der Waals surface area contributed by atoms with Gasteiger partial charge in [-0.15, -0.1) is 0 Å². The van der Waals surface area contributed by atoms with Crippen molar-refractivity contribution in [1.82, 2.24) is 0 Å². The maximum absolute atomic E-state index is 13.1. The molecule has 0 aromatic heterocycles. The number of unbranched alkanes of at least 4 members (excludes halogenated alkanes) is 53. The molecule has 0 aliphatic carbocycles. The molecule has 0 amide bonds. The van der Waals surface area contributed by atoms with E-state index in [9.17, 15) is 43.2 Å². The number of phosphoric ester groups is 2. The lowest BCUT2D eigenvalue weighted by Crippen LogP contribution is -2.30. The van der Waals surface area contributed by atoms with Gasteiger partial charge in [-0.25, -0.2) is 9.13 Å². The number of carbonyl (C=O) groups excluding carboxylic acids is 4. The van der Waals surface area contributed by atoms with Gasteiger partial charge in [-0.2, -0.15) is 0 Å². The number of phosphoric acid groups is 2. The number of aliphatic hydroxyl groups excluding tert-OH is 1. The number of rotatable bonds is 81. The summed E-state index contributed by atoms with van der Waals surface area (Å²) in [5.74, 6) is -1.29. The van der Waals surface area contributed by atoms with Crippen LogP contribution in [-0.4, -0.2) is 96.7 Å². The average molecular weight is 1470 g/mol. The monoisotopic (exact) mass is 1470 g/mol. The summed E-state index contributed by atoms with van der Waals surface area (Å²) in [5, 5.41) is 10.6. The highest BCUT2D eigenvalue weighted by molar-refractivity contribution is 7.47. The second-order valence-electron chi connectivity index (χ2n) is 29.6. The summed E-state index contributed by atoms with van der Waals surface area (Å²) >= 11 is 0. The van der Waals surface area contributed by atoms with Crippen LogP contribution in [0.5, 0.6) is 0 Å². The maximum atomic E-state index is 13.1. The molecule has 0 bridgehead atoms. The largest absolute Gasteiger partial charge is 0.472 e. The Morgan fingerprint density at radius 2 is 0.460 bits per heavy atom. The Morgan fingerprint density at radius 3 is 0.680 bits per heavy atom. The minimum absolute atomic E-state index is 0.108. The van der Waals surface area contributed by atoms with E-state index in [1.807, 2.05) is 0 Å². The van der Waals surface area contributed by atoms with Crippen LogP contribution in [0.2, 0.25) is 0 Å². The van der Waals surface area contributed by atoms with E-state index in [1.54, 1.807) is 0 Å². The van der Waals surface area contributed by atoms with Crippen LogP contribution in [0.25, 0.3) is 0 Å². The fourth-order valence-corrected chi connectivity index (χ4v) is 14.2. The summed E-state index contributed by atoms with van der Waals surface area (Å²) in [7, 11) is -9.92. The summed E-state index contributed by atoms with van der Waals surface area (Å²) in [6.45, 7) is 7.36. The van der Waals surface area contributed by atoms with Crippen LogP contribution < -0.4 is 0 Å². The first kappa shape index (κ1) is 98.1. The van der Waals surface area contributed by atoms with E-state index in [1.165, 1.54) is 257 Å². The zero-order chi connectivity index (χ0) is 73.4. The van der Waals surface area contributed by atoms with Gasteiger partial charge in [0.1, 0.15) is 19.3 Å². The molecule has 594 valence electrons. The van der Waals surface area contributed by atoms with Crippen molar-refractivity contribution in [3.63, 3.8) is 0 Å². The second kappa shape index (κ2) is 73.9. The van der Waals surface area contributed by atoms with Gasteiger partial charge in [-0.3, -0.25) is 37.3 Å². The van der Waals surface area contributed by atoms with Crippen LogP contribution in [-0.2, 0) is 65.4 Å². The molecule has 0 aromatic rings. The maximum Gasteiger partial charge on any atom is 0.472 e. The first-order valence-electron chi connectivity index (χ1n) is 42.1. The standard InChI is InChI=1S/C81H158O17P2/c1-6-9-12-15-18-21-23-25-27-33-37-40-45-50-55-60-65-79(84)92-71-77(98-81(86)67-62-57-52-47-42-38-34-31-29-28-30-32-35-39-44-48-53-58-63-74(4)5)73-96-100(89,90)94-69-75(82)68-93-99(87,88)95-72-76(70-91-78(83)64-59-54-49-43-20-17-14-11-8-3)97-80(85)66-61-56-51-46-41-36-26-24-22-19-16-13-10-7-2/h74-77,82H,6-73H2,1-5H3,(H,87,88)(H,89,90)/t75-,76+,77+/m0/s1. The van der Waals surface area contributed by atoms with Gasteiger partial charge in [0.05, 0.1) is 26.4 Å². The quantitative estimate of drug-likeness (QED) is 0.0222. The Balaban J connectivity index is 5.20. The first-order valence-corrected chi connectivity index (χ1v) is 45.1. The van der Waals surface area contributed by atoms with Gasteiger partial charge < -0.3 is 33.8 Å². The molecule has 17 nitrogen and oxygen atoms in total. The van der Waals surface area contributed by atoms with E-state index in [0.29, 0.717) is 25.7 Å². The number of carbonyl (C=O) groups is 4. The highest BCUT2D eigenvalue weighted by atomic mass is 31.2. The van der Waals surface area contributed by atoms with Crippen LogP contribution in [0, 0.1) is 5.92 Å². The van der Waals surface area contributed by atoms with Gasteiger partial charge in [0, 0.05) is 25.7 Å². The first-order chi connectivity index (χ1) is 48.5. The number of aliphatic hydroxyl groups is 1. The van der Waals surface area contributed by atoms with E-state index in [4.69, 9.17) is 37.0 Å². The Labute approximate surface area is 613 Å². The summed E-state index contributed by atoms with van der Waals surface area (Å²) in [6, 6.07) is 0. The SMILES string of the molecule is CCCCCCCCCCCCCCCCCCC(=O)OC[C@H](COP(=O)(O)OC[C@@H](O)COP(=O)(O)OC[C@@H](COC(=O)CCCCCCCCCCC)OC(=O)CCCCCCCCCCCCCCCC)OC(=O)CCCCCCCCCCCCCCCCCCCCC(C)C. The lowest BCUT2D eigenvalue weighted by molar-refractivity contribution is -0.161. The summed E-state index contributed by atoms with van der Waals surface area (Å²) in [6.07, 6.45) is 65.2. The normalized spacial score (nSPS) is 13.8. The Morgan fingerprint density at radius 1 is 0.270 bits per heavy atom. The molecule has 0 aromatic carbocycles. The fourth-order valence-electron chi connectivity index (χ4n) is 12.6. The summed E-state index contributed by atoms with van der Waals surface area (Å²) in [5.41, 5.74) is 0. The van der Waals surface area contributed by atoms with Crippen molar-refractivity contribution in [1.29, 1.82) is 0 Å². The highest BCUT2D eigenvalue weighted by Crippen LogP contribution is 2.45. The molecule has 0 aliphatic rings. The zero-order valence-electron chi connectivity index (χ0n) is 65.3. The molecule has 0 saturated carbocycles. The molecule has 0 aliphatic heterocycles. The second-order valence-corrected chi connectivity index (χ2v) is 32.5. The Hall–Kier alpha value is -1.94. The van der Waals surface area contributed by atoms with Crippen molar-refractivity contribution in [2.75, 3.05) is 39.6 Å². The van der Waals surface area contributed by atoms with Crippen LogP contribution in [0.1, 0.15) is 433 Å². The van der Waals surface area contributed by atoms with Gasteiger partial charge in [0.25, 0.3) is 0 Å². The van der Waals surface area contributed by atoms with E-state index >= 15 is 0 Å². The average Bonchev–Trinajstić information content (AvgIpc) is 0.934. The van der Waals surface area contributed by atoms with E-state index in [0.717, 1.165) is 95.8 Å². The molecule has 100 heavy (non-hydrogen) atoms. The molecule has 0 radical (unpaired) electrons. The van der Waals surface area contributed by atoms with E-state index in [-0.39, 0.29) is 25.7 Å². The van der Waals surface area contributed by atoms with Crippen molar-refractivity contribution in [2.45, 2.75) is 451 Å². The molecule has 5 atom stereocenters. The van der Waals surface area contributed by atoms with Crippen molar-refractivity contribution in [2.24, 2.45) is 5.92 Å². The lowest BCUT2D eigenvalue weighted by atomic mass is 10.0. The Kier molecular flexibility index (Phi) is 72.5. The number of ether oxygens (including phenoxy) is 4. The molecule has 0 spiro atoms. The van der Waals surface area contributed by atoms with Crippen molar-refractivity contribution in [3.8, 4) is 0 Å². The summed E-state index contributed by atoms with van der Waals surface area (Å²) < 4.78 is 68.7. The zero-order valence-corrected chi connectivity index (χ0v) is 67.1. The number of hydrogen-bond donors (Lipinski definition) is 3. The smallest absolute Gasteiger partial charge is 0.462 e. The predicted octanol–water partition coefficient (Wildman–Crippen LogP) is 24.4. The highest BCUT2D eigenvalue weighted by Gasteiger charge is 2.30. The molecule has 3 N–H and O–H groups in total. The van der Waals surface area contributed by atoms with Gasteiger partial charge >= 0.3 is 39.5 Å². The lowest BCUT2D eigenvalue weighted by Gasteiger charge is -2.21. The molecular weight excluding hydrogens is 1310 g/mol. The third kappa shape index (κ3) is 74.3. The molecule has 0 fully saturated rings. The molecule has 2 unspecified atom stereocenters. The van der Waals surface area contributed by atoms with Crippen LogP contribution in [0.15, 0.2) is 0 Å². The molecule has 19 heteroatoms. The molecular formula is C81H158O17P2. The van der Waals surface area contributed by atoms with E-state index in [2.05, 4.69) is 34.6 Å². The minimum Gasteiger partial charge on any atom is -0.462 e. The Bertz CT molecular complexity index is 1910. The van der Waals surface area contributed by atoms with Gasteiger partial charge in [-0.1, -0.05) is 381 Å². The van der Waals surface area contributed by atoms with Gasteiger partial charge in [0.15, 0.2) is 12.2 Å². The topological polar surface area (TPSA) is 237 Å². The van der Waals surface area contributed by atoms with Crippen molar-refractivity contribution >= 4 is 39.5 Å². The number of esters is 4. The van der Waals surface area contributed by atoms with Gasteiger partial charge in [0.2, 0.25) is 0 Å². The third-order valence-electron chi connectivity index (χ3n) is 19.0. The van der Waals surface area contributed by atoms with Crippen LogP contribution in [0.4, 0.5) is 0 Å². The van der Waals surface area contributed by atoms with Crippen molar-refractivity contribution in [3.05, 3.63) is 0 Å². The minimum atomic E-state index is -4.96. The molecule has 0 rings (SSSR count). The van der Waals surface area contributed by atoms with E-state index < -0.39 is 97.5 Å². The molecule has 0 saturated heterocycles. The number of hydrogen-bond acceptors (Lipinski definition) is 15. The fraction of sp³-hybridized carbons (Fsp3) is 0.951. The van der Waals surface area contributed by atoms with Crippen molar-refractivity contribution < 1.29 is 80.2 Å². The molecule has 0 heterocycles. The predicted molar refractivity (Wildman–Crippen MR) is 409 cm³/mol. The summed E-state index contributed by atoms with van der Waals surface area (Å²) in [4.78, 5) is 73.0.